The highest BCUT2D eigenvalue weighted by Crippen LogP contribution is 2.37. The number of carboxylic acid groups (broad SMARTS) is 1. The van der Waals surface area contributed by atoms with E-state index in [0.29, 0.717) is 17.6 Å². The lowest BCUT2D eigenvalue weighted by Gasteiger charge is -2.32. The van der Waals surface area contributed by atoms with Crippen molar-refractivity contribution in [2.75, 3.05) is 6.54 Å². The monoisotopic (exact) mass is 387 g/mol. The molecule has 1 aromatic rings. The summed E-state index contributed by atoms with van der Waals surface area (Å²) in [6, 6.07) is 2.18. The molecule has 0 radical (unpaired) electrons. The van der Waals surface area contributed by atoms with Crippen molar-refractivity contribution in [1.82, 2.24) is 4.31 Å². The summed E-state index contributed by atoms with van der Waals surface area (Å²) in [7, 11) is -4.47. The molecule has 1 atom stereocenters. The van der Waals surface area contributed by atoms with Crippen molar-refractivity contribution in [2.24, 2.45) is 0 Å². The summed E-state index contributed by atoms with van der Waals surface area (Å²) in [4.78, 5) is 11.3. The van der Waals surface area contributed by atoms with Crippen LogP contribution in [0.15, 0.2) is 16.3 Å². The summed E-state index contributed by atoms with van der Waals surface area (Å²) in [5, 5.41) is 9.24. The van der Waals surface area contributed by atoms with Crippen LogP contribution in [0.4, 0.5) is 0 Å². The van der Waals surface area contributed by atoms with Crippen LogP contribution >= 0.6 is 11.3 Å². The maximum atomic E-state index is 12.8. The molecule has 0 aliphatic carbocycles. The maximum Gasteiger partial charge on any atom is 0.505 e. The lowest BCUT2D eigenvalue weighted by Crippen LogP contribution is -2.41. The topological polar surface area (TPSA) is 93.1 Å². The second-order valence-corrected chi connectivity index (χ2v) is 10.6. The third-order valence-corrected chi connectivity index (χ3v) is 8.62. The Labute approximate surface area is 152 Å². The van der Waals surface area contributed by atoms with Gasteiger partial charge in [-0.05, 0) is 46.6 Å². The quantitative estimate of drug-likeness (QED) is 0.783. The minimum atomic E-state index is -3.84. The predicted octanol–water partition coefficient (Wildman–Crippen LogP) is 1.28. The molecular weight excluding hydrogens is 365 g/mol. The van der Waals surface area contributed by atoms with Gasteiger partial charge in [0.1, 0.15) is 10.3 Å². The van der Waals surface area contributed by atoms with Gasteiger partial charge in [0.25, 0.3) is 10.0 Å². The van der Waals surface area contributed by atoms with E-state index in [4.69, 9.17) is 9.31 Å². The zero-order valence-corrected chi connectivity index (χ0v) is 16.3. The summed E-state index contributed by atoms with van der Waals surface area (Å²) in [5.41, 5.74) is -1.02. The van der Waals surface area contributed by atoms with E-state index in [1.54, 1.807) is 6.07 Å². The summed E-state index contributed by atoms with van der Waals surface area (Å²) in [6.07, 6.45) is 0.885. The van der Waals surface area contributed by atoms with Gasteiger partial charge in [0.2, 0.25) is 0 Å². The number of nitrogens with zero attached hydrogens (tertiary/aromatic N) is 1. The number of hydrogen-bond acceptors (Lipinski definition) is 6. The molecule has 2 fully saturated rings. The minimum absolute atomic E-state index is 0.116. The fraction of sp³-hybridized carbons (Fsp3) is 0.667. The summed E-state index contributed by atoms with van der Waals surface area (Å²) < 4.78 is 39.4. The van der Waals surface area contributed by atoms with Crippen molar-refractivity contribution in [3.8, 4) is 0 Å². The standard InChI is InChI=1S/C15H22BNO6S2/c1-14(2)15(3,4)23-16(22-14)11-7-8-12(24-11)25(20,21)17-9-5-6-10(17)13(18)19/h7-8,10H,5-6,9H2,1-4H3,(H,18,19)/t10-/m1/s1. The molecular formula is C15H22BNO6S2. The fourth-order valence-corrected chi connectivity index (χ4v) is 6.01. The number of aliphatic carboxylic acids is 1. The Kier molecular flexibility index (Phi) is 4.56. The highest BCUT2D eigenvalue weighted by atomic mass is 32.2. The van der Waals surface area contributed by atoms with Gasteiger partial charge in [-0.25, -0.2) is 8.42 Å². The van der Waals surface area contributed by atoms with Gasteiger partial charge in [-0.1, -0.05) is 6.07 Å². The first-order valence-corrected chi connectivity index (χ1v) is 10.4. The molecule has 2 aliphatic rings. The molecule has 1 aromatic heterocycles. The van der Waals surface area contributed by atoms with Gasteiger partial charge < -0.3 is 14.4 Å². The summed E-state index contributed by atoms with van der Waals surface area (Å²) >= 11 is 1.07. The Morgan fingerprint density at radius 3 is 2.44 bits per heavy atom. The molecule has 0 unspecified atom stereocenters. The van der Waals surface area contributed by atoms with Crippen LogP contribution in [0.2, 0.25) is 0 Å². The number of sulfonamides is 1. The molecule has 3 heterocycles. The van der Waals surface area contributed by atoms with Crippen LogP contribution in [-0.2, 0) is 24.1 Å². The highest BCUT2D eigenvalue weighted by Gasteiger charge is 2.52. The lowest BCUT2D eigenvalue weighted by molar-refractivity contribution is -0.140. The molecule has 138 valence electrons. The molecule has 0 saturated carbocycles. The first-order chi connectivity index (χ1) is 11.5. The Morgan fingerprint density at radius 2 is 1.88 bits per heavy atom. The van der Waals surface area contributed by atoms with Crippen molar-refractivity contribution >= 4 is 39.2 Å². The van der Waals surface area contributed by atoms with E-state index in [-0.39, 0.29) is 10.8 Å². The van der Waals surface area contributed by atoms with E-state index in [1.807, 2.05) is 27.7 Å². The lowest BCUT2D eigenvalue weighted by atomic mass is 9.88. The van der Waals surface area contributed by atoms with Crippen molar-refractivity contribution in [3.05, 3.63) is 12.1 Å². The van der Waals surface area contributed by atoms with Crippen LogP contribution in [0.3, 0.4) is 0 Å². The van der Waals surface area contributed by atoms with Crippen LogP contribution < -0.4 is 4.78 Å². The Balaban J connectivity index is 1.86. The molecule has 0 amide bonds. The average Bonchev–Trinajstić information content (AvgIpc) is 3.18. The van der Waals surface area contributed by atoms with E-state index in [0.717, 1.165) is 15.6 Å². The predicted molar refractivity (Wildman–Crippen MR) is 94.6 cm³/mol. The first kappa shape index (κ1) is 18.8. The largest absolute Gasteiger partial charge is 0.505 e. The second-order valence-electron chi connectivity index (χ2n) is 7.36. The van der Waals surface area contributed by atoms with Crippen molar-refractivity contribution in [3.63, 3.8) is 0 Å². The van der Waals surface area contributed by atoms with Crippen LogP contribution in [0.1, 0.15) is 40.5 Å². The summed E-state index contributed by atoms with van der Waals surface area (Å²) in [6.45, 7) is 7.95. The normalized spacial score (nSPS) is 26.2. The van der Waals surface area contributed by atoms with Gasteiger partial charge in [-0.3, -0.25) is 4.79 Å². The van der Waals surface area contributed by atoms with Gasteiger partial charge in [0, 0.05) is 11.3 Å². The van der Waals surface area contributed by atoms with Gasteiger partial charge in [0.05, 0.1) is 11.2 Å². The Hall–Kier alpha value is -0.935. The molecule has 25 heavy (non-hydrogen) atoms. The van der Waals surface area contributed by atoms with Crippen LogP contribution in [0.25, 0.3) is 0 Å². The van der Waals surface area contributed by atoms with E-state index in [9.17, 15) is 18.3 Å². The molecule has 1 N–H and O–H groups in total. The number of hydrogen-bond donors (Lipinski definition) is 1. The molecule has 10 heteroatoms. The van der Waals surface area contributed by atoms with Crippen molar-refractivity contribution in [1.29, 1.82) is 0 Å². The SMILES string of the molecule is CC1(C)OB(c2ccc(S(=O)(=O)N3CCC[C@@H]3C(=O)O)s2)OC1(C)C. The van der Waals surface area contributed by atoms with Gasteiger partial charge in [-0.15, -0.1) is 11.3 Å². The third kappa shape index (κ3) is 3.14. The molecule has 0 aromatic carbocycles. The average molecular weight is 387 g/mol. The molecule has 7 nitrogen and oxygen atoms in total. The number of rotatable bonds is 4. The van der Waals surface area contributed by atoms with Crippen LogP contribution in [0, 0.1) is 0 Å². The first-order valence-electron chi connectivity index (χ1n) is 8.16. The van der Waals surface area contributed by atoms with Gasteiger partial charge >= 0.3 is 13.1 Å². The minimum Gasteiger partial charge on any atom is -0.480 e. The fourth-order valence-electron chi connectivity index (χ4n) is 2.95. The van der Waals surface area contributed by atoms with E-state index in [1.165, 1.54) is 6.07 Å². The molecule has 2 aliphatic heterocycles. The Bertz CT molecular complexity index is 772. The molecule has 0 spiro atoms. The number of carboxylic acids is 1. The third-order valence-electron chi connectivity index (χ3n) is 5.14. The van der Waals surface area contributed by atoms with E-state index < -0.39 is 40.4 Å². The highest BCUT2D eigenvalue weighted by molar-refractivity contribution is 7.91. The van der Waals surface area contributed by atoms with Gasteiger partial charge in [0.15, 0.2) is 0 Å². The number of carbonyl (C=O) groups is 1. The second kappa shape index (κ2) is 6.05. The van der Waals surface area contributed by atoms with Crippen molar-refractivity contribution < 1.29 is 27.6 Å². The maximum absolute atomic E-state index is 12.8. The summed E-state index contributed by atoms with van der Waals surface area (Å²) in [5.74, 6) is -1.11. The number of thiophene rings is 1. The molecule has 0 bridgehead atoms. The van der Waals surface area contributed by atoms with Crippen LogP contribution in [-0.4, -0.2) is 54.7 Å². The molecule has 2 saturated heterocycles. The zero-order valence-electron chi connectivity index (χ0n) is 14.7. The molecule has 3 rings (SSSR count). The Morgan fingerprint density at radius 1 is 1.28 bits per heavy atom. The van der Waals surface area contributed by atoms with Gasteiger partial charge in [-0.2, -0.15) is 4.31 Å². The van der Waals surface area contributed by atoms with E-state index >= 15 is 0 Å². The van der Waals surface area contributed by atoms with E-state index in [2.05, 4.69) is 0 Å². The zero-order chi connectivity index (χ0) is 18.6. The van der Waals surface area contributed by atoms with Crippen molar-refractivity contribution in [2.45, 2.75) is 62.0 Å². The smallest absolute Gasteiger partial charge is 0.480 e. The van der Waals surface area contributed by atoms with Crippen LogP contribution in [0.5, 0.6) is 0 Å².